The quantitative estimate of drug-likeness (QED) is 0.451. The molecule has 0 heterocycles. The van der Waals surface area contributed by atoms with Gasteiger partial charge < -0.3 is 0 Å². The second-order valence-electron chi connectivity index (χ2n) is 0. The van der Waals surface area contributed by atoms with Gasteiger partial charge in [0.25, 0.3) is 0 Å². The summed E-state index contributed by atoms with van der Waals surface area (Å²) in [4.78, 5) is 0. The van der Waals surface area contributed by atoms with Gasteiger partial charge in [0, 0.05) is 65.3 Å². The predicted octanol–water partition coefficient (Wildman–Crippen LogP) is -1.19. The second-order valence-corrected chi connectivity index (χ2v) is 0. The number of hydrogen-bond acceptors (Lipinski definition) is 0. The molecule has 0 fully saturated rings. The molecule has 4 heteroatoms. The van der Waals surface area contributed by atoms with Crippen molar-refractivity contribution in [1.82, 2.24) is 0 Å². The van der Waals surface area contributed by atoms with Gasteiger partial charge in [-0.05, 0) is 0 Å². The Labute approximate surface area is 81.4 Å². The van der Waals surface area contributed by atoms with E-state index in [2.05, 4.69) is 0 Å². The number of rotatable bonds is 0. The normalized spacial score (nSPS) is 0. The first-order valence-corrected chi connectivity index (χ1v) is 0. The van der Waals surface area contributed by atoms with Gasteiger partial charge in [-0.3, -0.25) is 0 Å². The van der Waals surface area contributed by atoms with Crippen LogP contribution in [0.3, 0.4) is 0 Å². The molecule has 0 aromatic carbocycles. The van der Waals surface area contributed by atoms with Crippen LogP contribution in [-0.4, -0.2) is 17.4 Å². The summed E-state index contributed by atoms with van der Waals surface area (Å²) in [6.45, 7) is 0. The molecule has 20 valence electrons. The van der Waals surface area contributed by atoms with Crippen molar-refractivity contribution in [3.63, 3.8) is 0 Å². The van der Waals surface area contributed by atoms with Crippen LogP contribution in [0.4, 0.5) is 0 Å². The van der Waals surface area contributed by atoms with Crippen LogP contribution in [0.2, 0.25) is 0 Å². The molecule has 0 saturated heterocycles. The topological polar surface area (TPSA) is 0 Å². The fourth-order valence-corrected chi connectivity index (χ4v) is 0. The molecular formula is H3AlCrTiZr. The van der Waals surface area contributed by atoms with Crippen LogP contribution in [0.15, 0.2) is 0 Å². The molecule has 4 heavy (non-hydrogen) atoms. The van der Waals surface area contributed by atoms with Gasteiger partial charge in [-0.25, -0.2) is 0 Å². The van der Waals surface area contributed by atoms with Crippen molar-refractivity contribution in [2.75, 3.05) is 0 Å². The molecular weight excluding hydrogens is 218 g/mol. The zero-order valence-electron chi connectivity index (χ0n) is 1.41. The Bertz CT molecular complexity index is 8.00. The molecule has 0 amide bonds. The van der Waals surface area contributed by atoms with E-state index in [0.717, 1.165) is 0 Å². The largest absolute Gasteiger partial charge is 0.187 e. The molecule has 0 aliphatic heterocycles. The first-order valence-electron chi connectivity index (χ1n) is 0. The first-order chi connectivity index (χ1) is 0. The van der Waals surface area contributed by atoms with Crippen molar-refractivity contribution < 1.29 is 65.3 Å². The van der Waals surface area contributed by atoms with E-state index in [1.165, 1.54) is 0 Å². The average molecular weight is 221 g/mol. The van der Waals surface area contributed by atoms with E-state index in [0.29, 0.717) is 0 Å². The van der Waals surface area contributed by atoms with Crippen LogP contribution < -0.4 is 0 Å². The second kappa shape index (κ2) is 17.4. The fraction of sp³-hybridized carbons (Fsp3) is 0. The van der Waals surface area contributed by atoms with Gasteiger partial charge in [0.1, 0.15) is 0 Å². The Balaban J connectivity index is 0. The van der Waals surface area contributed by atoms with Crippen LogP contribution in [0.25, 0.3) is 0 Å². The Kier molecular flexibility index (Phi) is 131. The summed E-state index contributed by atoms with van der Waals surface area (Å²) >= 11 is 0. The minimum Gasteiger partial charge on any atom is 0 e. The van der Waals surface area contributed by atoms with E-state index in [9.17, 15) is 0 Å². The Morgan fingerprint density at radius 2 is 1.00 bits per heavy atom. The Hall–Kier alpha value is 2.66. The summed E-state index contributed by atoms with van der Waals surface area (Å²) in [6.07, 6.45) is 0. The van der Waals surface area contributed by atoms with Gasteiger partial charge in [0.15, 0.2) is 17.4 Å². The van der Waals surface area contributed by atoms with E-state index in [4.69, 9.17) is 0 Å². The predicted molar refractivity (Wildman–Crippen MR) is 9.94 cm³/mol. The third kappa shape index (κ3) is 8.82. The van der Waals surface area contributed by atoms with E-state index in [1.54, 1.807) is 0 Å². The summed E-state index contributed by atoms with van der Waals surface area (Å²) in [5, 5.41) is 0. The molecule has 0 aliphatic rings. The Morgan fingerprint density at radius 3 is 1.00 bits per heavy atom. The Morgan fingerprint density at radius 1 is 1.00 bits per heavy atom. The van der Waals surface area contributed by atoms with Crippen molar-refractivity contribution in [2.45, 2.75) is 0 Å². The van der Waals surface area contributed by atoms with Gasteiger partial charge in [0.05, 0.1) is 0 Å². The maximum Gasteiger partial charge on any atom is 0.187 e. The molecule has 0 nitrogen and oxygen atoms in total. The zero-order valence-corrected chi connectivity index (χ0v) is 6.70. The van der Waals surface area contributed by atoms with Crippen molar-refractivity contribution >= 4 is 17.4 Å². The van der Waals surface area contributed by atoms with Crippen LogP contribution in [0.5, 0.6) is 0 Å². The van der Waals surface area contributed by atoms with E-state index < -0.39 is 0 Å². The molecule has 0 spiro atoms. The van der Waals surface area contributed by atoms with Crippen LogP contribution >= 0.6 is 0 Å². The zero-order chi connectivity index (χ0) is 0. The molecule has 0 saturated carbocycles. The molecule has 0 aliphatic carbocycles. The number of hydrogen-bond donors (Lipinski definition) is 0. The fourth-order valence-electron chi connectivity index (χ4n) is 0. The summed E-state index contributed by atoms with van der Waals surface area (Å²) in [7, 11) is 0. The molecule has 0 atom stereocenters. The minimum atomic E-state index is 0. The molecule has 0 rings (SSSR count). The molecule has 0 aromatic heterocycles. The molecule has 0 aromatic rings. The minimum absolute atomic E-state index is 0. The molecule has 0 unspecified atom stereocenters. The van der Waals surface area contributed by atoms with Gasteiger partial charge in [0.2, 0.25) is 0 Å². The summed E-state index contributed by atoms with van der Waals surface area (Å²) in [5.74, 6) is 0. The molecule has 0 N–H and O–H groups in total. The molecule has 0 radical (unpaired) electrons. The van der Waals surface area contributed by atoms with Crippen LogP contribution in [0.1, 0.15) is 0 Å². The first kappa shape index (κ1) is 30.1. The van der Waals surface area contributed by atoms with Crippen molar-refractivity contribution in [3.8, 4) is 0 Å². The average Bonchev–Trinajstić information content (AvgIpc) is 0. The summed E-state index contributed by atoms with van der Waals surface area (Å²) in [6, 6.07) is 0. The maximum absolute atomic E-state index is 0. The van der Waals surface area contributed by atoms with Crippen molar-refractivity contribution in [1.29, 1.82) is 0 Å². The third-order valence-corrected chi connectivity index (χ3v) is 0. The summed E-state index contributed by atoms with van der Waals surface area (Å²) in [5.41, 5.74) is 0. The SMILES string of the molecule is [AlH3].[Cr].[Ti].[Zr]. The van der Waals surface area contributed by atoms with Gasteiger partial charge in [-0.2, -0.15) is 0 Å². The van der Waals surface area contributed by atoms with Gasteiger partial charge >= 0.3 is 0 Å². The van der Waals surface area contributed by atoms with E-state index in [-0.39, 0.29) is 82.6 Å². The van der Waals surface area contributed by atoms with E-state index >= 15 is 0 Å². The molecule has 0 bridgehead atoms. The maximum atomic E-state index is 0. The smallest absolute Gasteiger partial charge is 0 e. The van der Waals surface area contributed by atoms with Crippen LogP contribution in [0, 0.1) is 0 Å². The monoisotopic (exact) mass is 220 g/mol. The van der Waals surface area contributed by atoms with Crippen molar-refractivity contribution in [3.05, 3.63) is 0 Å². The van der Waals surface area contributed by atoms with Crippen LogP contribution in [-0.2, 0) is 65.3 Å². The van der Waals surface area contributed by atoms with Gasteiger partial charge in [-0.15, -0.1) is 0 Å². The van der Waals surface area contributed by atoms with Crippen molar-refractivity contribution in [2.24, 2.45) is 0 Å². The van der Waals surface area contributed by atoms with Gasteiger partial charge in [-0.1, -0.05) is 0 Å². The third-order valence-electron chi connectivity index (χ3n) is 0. The standard InChI is InChI=1S/Al.Cr.Ti.Zr.3H. The van der Waals surface area contributed by atoms with E-state index in [1.807, 2.05) is 0 Å². The summed E-state index contributed by atoms with van der Waals surface area (Å²) < 4.78 is 0.